The van der Waals surface area contributed by atoms with Crippen molar-refractivity contribution in [2.75, 3.05) is 11.9 Å². The standard InChI is InChI=1S/C15H15N3O2/c1-9(2)10-4-3-5-11-12(7-16)15(17-8-14(19)20)18-13(11)6-10/h3-6,9H,8H2,1-2H3,(H,17,18)(H,19,20). The van der Waals surface area contributed by atoms with Crippen LogP contribution in [0.15, 0.2) is 24.3 Å². The summed E-state index contributed by atoms with van der Waals surface area (Å²) in [5, 5.41) is 20.6. The van der Waals surface area contributed by atoms with E-state index in [-0.39, 0.29) is 6.54 Å². The fourth-order valence-corrected chi connectivity index (χ4v) is 1.99. The normalized spacial score (nSPS) is 10.5. The highest BCUT2D eigenvalue weighted by Gasteiger charge is 2.18. The third kappa shape index (κ3) is 2.69. The van der Waals surface area contributed by atoms with Gasteiger partial charge in [-0.2, -0.15) is 5.26 Å². The summed E-state index contributed by atoms with van der Waals surface area (Å²) in [5.41, 5.74) is 2.93. The maximum Gasteiger partial charge on any atom is 0.322 e. The van der Waals surface area contributed by atoms with Crippen LogP contribution in [-0.4, -0.2) is 22.6 Å². The van der Waals surface area contributed by atoms with Gasteiger partial charge in [-0.1, -0.05) is 32.0 Å². The van der Waals surface area contributed by atoms with Crippen LogP contribution in [0.1, 0.15) is 30.9 Å². The number of aliphatic carboxylic acids is 1. The molecule has 0 spiro atoms. The van der Waals surface area contributed by atoms with E-state index in [4.69, 9.17) is 5.11 Å². The number of fused-ring (bicyclic) bond motifs is 1. The van der Waals surface area contributed by atoms with E-state index in [2.05, 4.69) is 30.2 Å². The molecule has 0 aromatic rings. The molecule has 0 fully saturated rings. The number of anilines is 1. The Balaban J connectivity index is 2.51. The van der Waals surface area contributed by atoms with Gasteiger partial charge in [-0.25, -0.2) is 4.98 Å². The second-order valence-corrected chi connectivity index (χ2v) is 4.82. The highest BCUT2D eigenvalue weighted by Crippen LogP contribution is 2.32. The molecule has 5 heteroatoms. The van der Waals surface area contributed by atoms with Gasteiger partial charge in [-0.3, -0.25) is 4.79 Å². The molecule has 0 bridgehead atoms. The summed E-state index contributed by atoms with van der Waals surface area (Å²) in [6.07, 6.45) is 0. The van der Waals surface area contributed by atoms with E-state index in [1.165, 1.54) is 0 Å². The first-order valence-electron chi connectivity index (χ1n) is 6.32. The van der Waals surface area contributed by atoms with E-state index < -0.39 is 5.97 Å². The first kappa shape index (κ1) is 13.8. The van der Waals surface area contributed by atoms with Crippen molar-refractivity contribution in [2.24, 2.45) is 0 Å². The van der Waals surface area contributed by atoms with Crippen LogP contribution in [0, 0.1) is 11.3 Å². The van der Waals surface area contributed by atoms with E-state index in [9.17, 15) is 10.1 Å². The van der Waals surface area contributed by atoms with Crippen molar-refractivity contribution in [2.45, 2.75) is 19.8 Å². The van der Waals surface area contributed by atoms with Crippen LogP contribution < -0.4 is 5.32 Å². The lowest BCUT2D eigenvalue weighted by Crippen LogP contribution is -2.13. The molecule has 0 atom stereocenters. The molecule has 0 saturated heterocycles. The number of nitrogens with one attached hydrogen (secondary N) is 1. The van der Waals surface area contributed by atoms with Gasteiger partial charge in [0.1, 0.15) is 24.0 Å². The molecule has 5 nitrogen and oxygen atoms in total. The Bertz CT molecular complexity index is 659. The van der Waals surface area contributed by atoms with Crippen LogP contribution >= 0.6 is 0 Å². The van der Waals surface area contributed by atoms with Gasteiger partial charge in [0.15, 0.2) is 0 Å². The summed E-state index contributed by atoms with van der Waals surface area (Å²) < 4.78 is 0. The second kappa shape index (κ2) is 5.57. The molecule has 0 amide bonds. The largest absolute Gasteiger partial charge is 0.480 e. The topological polar surface area (TPSA) is 86.0 Å². The van der Waals surface area contributed by atoms with E-state index in [0.717, 1.165) is 11.1 Å². The Morgan fingerprint density at radius 2 is 2.25 bits per heavy atom. The predicted octanol–water partition coefficient (Wildman–Crippen LogP) is 2.68. The molecule has 0 saturated carbocycles. The van der Waals surface area contributed by atoms with Crippen LogP contribution in [0.25, 0.3) is 11.3 Å². The zero-order chi connectivity index (χ0) is 14.7. The van der Waals surface area contributed by atoms with Gasteiger partial charge >= 0.3 is 5.97 Å². The smallest absolute Gasteiger partial charge is 0.322 e. The average molecular weight is 269 g/mol. The van der Waals surface area contributed by atoms with Crippen LogP contribution in [0.3, 0.4) is 0 Å². The minimum atomic E-state index is -0.991. The number of carboxylic acid groups (broad SMARTS) is 1. The van der Waals surface area contributed by atoms with Crippen molar-refractivity contribution >= 4 is 11.8 Å². The van der Waals surface area contributed by atoms with Crippen molar-refractivity contribution in [1.82, 2.24) is 4.98 Å². The molecule has 1 aliphatic heterocycles. The van der Waals surface area contributed by atoms with E-state index in [0.29, 0.717) is 23.0 Å². The number of hydrogen-bond acceptors (Lipinski definition) is 4. The van der Waals surface area contributed by atoms with Gasteiger partial charge in [-0.05, 0) is 17.5 Å². The summed E-state index contributed by atoms with van der Waals surface area (Å²) in [6.45, 7) is 3.90. The molecular weight excluding hydrogens is 254 g/mol. The molecule has 0 aromatic carbocycles. The number of rotatable bonds is 4. The minimum absolute atomic E-state index is 0.263. The molecule has 0 unspecified atom stereocenters. The zero-order valence-electron chi connectivity index (χ0n) is 11.3. The predicted molar refractivity (Wildman–Crippen MR) is 75.8 cm³/mol. The fraction of sp³-hybridized carbons (Fsp3) is 0.267. The molecular formula is C15H15N3O2. The maximum absolute atomic E-state index is 10.6. The van der Waals surface area contributed by atoms with Crippen LogP contribution in [0.5, 0.6) is 0 Å². The van der Waals surface area contributed by atoms with E-state index >= 15 is 0 Å². The lowest BCUT2D eigenvalue weighted by atomic mass is 10.0. The van der Waals surface area contributed by atoms with Crippen molar-refractivity contribution in [1.29, 1.82) is 5.26 Å². The number of aromatic nitrogens is 1. The van der Waals surface area contributed by atoms with Crippen LogP contribution in [0.2, 0.25) is 0 Å². The zero-order valence-corrected chi connectivity index (χ0v) is 11.3. The molecule has 2 rings (SSSR count). The highest BCUT2D eigenvalue weighted by molar-refractivity contribution is 5.80. The Kier molecular flexibility index (Phi) is 3.85. The summed E-state index contributed by atoms with van der Waals surface area (Å²) in [6, 6.07) is 9.74. The number of hydrogen-bond donors (Lipinski definition) is 2. The average Bonchev–Trinajstić information content (AvgIpc) is 2.57. The Morgan fingerprint density at radius 3 is 2.85 bits per heavy atom. The Hall–Kier alpha value is -2.61. The van der Waals surface area contributed by atoms with Gasteiger partial charge in [0.05, 0.1) is 5.69 Å². The Morgan fingerprint density at radius 1 is 1.50 bits per heavy atom. The maximum atomic E-state index is 10.6. The van der Waals surface area contributed by atoms with Gasteiger partial charge in [-0.15, -0.1) is 0 Å². The molecule has 0 aromatic heterocycles. The third-order valence-corrected chi connectivity index (χ3v) is 3.05. The summed E-state index contributed by atoms with van der Waals surface area (Å²) >= 11 is 0. The van der Waals surface area contributed by atoms with Gasteiger partial charge in [0, 0.05) is 5.56 Å². The molecule has 2 aliphatic rings. The SMILES string of the molecule is CC(C)c1cccc2c(C#N)c(NCC(=O)O)nc-2c1. The number of nitrogens with zero attached hydrogens (tertiary/aromatic N) is 2. The molecule has 0 radical (unpaired) electrons. The lowest BCUT2D eigenvalue weighted by molar-refractivity contribution is -0.134. The minimum Gasteiger partial charge on any atom is -0.480 e. The van der Waals surface area contributed by atoms with Crippen molar-refractivity contribution in [3.05, 3.63) is 35.4 Å². The number of carboxylic acids is 1. The van der Waals surface area contributed by atoms with Gasteiger partial charge in [0.25, 0.3) is 0 Å². The van der Waals surface area contributed by atoms with Gasteiger partial charge < -0.3 is 10.4 Å². The molecule has 20 heavy (non-hydrogen) atoms. The van der Waals surface area contributed by atoms with E-state index in [1.807, 2.05) is 24.3 Å². The number of carbonyl (C=O) groups is 1. The second-order valence-electron chi connectivity index (χ2n) is 4.82. The highest BCUT2D eigenvalue weighted by atomic mass is 16.4. The quantitative estimate of drug-likeness (QED) is 0.891. The fourth-order valence-electron chi connectivity index (χ4n) is 1.99. The Labute approximate surface area is 117 Å². The molecule has 102 valence electrons. The van der Waals surface area contributed by atoms with Crippen LogP contribution in [-0.2, 0) is 4.79 Å². The van der Waals surface area contributed by atoms with Crippen LogP contribution in [0.4, 0.5) is 5.82 Å². The summed E-state index contributed by atoms with van der Waals surface area (Å²) in [7, 11) is 0. The monoisotopic (exact) mass is 269 g/mol. The van der Waals surface area contributed by atoms with Gasteiger partial charge in [0.2, 0.25) is 0 Å². The summed E-state index contributed by atoms with van der Waals surface area (Å²) in [4.78, 5) is 14.9. The first-order valence-corrected chi connectivity index (χ1v) is 6.32. The third-order valence-electron chi connectivity index (χ3n) is 3.05. The molecule has 2 N–H and O–H groups in total. The first-order chi connectivity index (χ1) is 9.52. The van der Waals surface area contributed by atoms with Crippen molar-refractivity contribution in [3.63, 3.8) is 0 Å². The van der Waals surface area contributed by atoms with Crippen molar-refractivity contribution in [3.8, 4) is 17.3 Å². The lowest BCUT2D eigenvalue weighted by Gasteiger charge is -2.01. The summed E-state index contributed by atoms with van der Waals surface area (Å²) in [5.74, 6) is -0.316. The molecule has 1 aliphatic carbocycles. The number of nitriles is 1. The van der Waals surface area contributed by atoms with Crippen molar-refractivity contribution < 1.29 is 9.90 Å². The molecule has 1 heterocycles. The van der Waals surface area contributed by atoms with E-state index in [1.54, 1.807) is 0 Å².